The summed E-state index contributed by atoms with van der Waals surface area (Å²) in [6.45, 7) is 6.21. The highest BCUT2D eigenvalue weighted by molar-refractivity contribution is 5.78. The highest BCUT2D eigenvalue weighted by Crippen LogP contribution is 2.15. The lowest BCUT2D eigenvalue weighted by Crippen LogP contribution is -2.37. The number of carbonyl (C=O) groups excluding carboxylic acids is 1. The molecule has 1 rings (SSSR count). The van der Waals surface area contributed by atoms with E-state index in [1.54, 1.807) is 0 Å². The van der Waals surface area contributed by atoms with Crippen molar-refractivity contribution in [3.63, 3.8) is 0 Å². The fourth-order valence-electron chi connectivity index (χ4n) is 2.34. The van der Waals surface area contributed by atoms with E-state index < -0.39 is 0 Å². The predicted molar refractivity (Wildman–Crippen MR) is 63.7 cm³/mol. The standard InChI is InChI=1S/C13H25NO/c1-3-9-12(2)13(15)14-10-7-5-4-6-8-11-14/h12H,3-11H2,1-2H3. The molecule has 1 atom stereocenters. The Morgan fingerprint density at radius 3 is 2.20 bits per heavy atom. The molecule has 1 aliphatic rings. The number of nitrogens with zero attached hydrogens (tertiary/aromatic N) is 1. The zero-order valence-electron chi connectivity index (χ0n) is 10.3. The molecule has 1 heterocycles. The van der Waals surface area contributed by atoms with Gasteiger partial charge in [0.1, 0.15) is 0 Å². The molecule has 0 aliphatic carbocycles. The molecule has 0 bridgehead atoms. The maximum atomic E-state index is 12.1. The molecule has 1 unspecified atom stereocenters. The second-order valence-corrected chi connectivity index (χ2v) is 4.78. The lowest BCUT2D eigenvalue weighted by molar-refractivity contribution is -0.135. The fraction of sp³-hybridized carbons (Fsp3) is 0.923. The first kappa shape index (κ1) is 12.5. The van der Waals surface area contributed by atoms with E-state index in [9.17, 15) is 4.79 Å². The molecule has 1 saturated heterocycles. The van der Waals surface area contributed by atoms with Gasteiger partial charge in [-0.25, -0.2) is 0 Å². The van der Waals surface area contributed by atoms with Gasteiger partial charge in [-0.3, -0.25) is 4.79 Å². The molecule has 0 aromatic heterocycles. The second kappa shape index (κ2) is 6.86. The van der Waals surface area contributed by atoms with Gasteiger partial charge in [0, 0.05) is 19.0 Å². The molecule has 2 nitrogen and oxygen atoms in total. The summed E-state index contributed by atoms with van der Waals surface area (Å²) >= 11 is 0. The average Bonchev–Trinajstić information content (AvgIpc) is 2.16. The first-order chi connectivity index (χ1) is 7.25. The van der Waals surface area contributed by atoms with Crippen LogP contribution in [-0.4, -0.2) is 23.9 Å². The van der Waals surface area contributed by atoms with Crippen LogP contribution in [0.3, 0.4) is 0 Å². The minimum Gasteiger partial charge on any atom is -0.342 e. The largest absolute Gasteiger partial charge is 0.342 e. The van der Waals surface area contributed by atoms with Crippen molar-refractivity contribution >= 4 is 5.91 Å². The molecule has 2 heteroatoms. The normalized spacial score (nSPS) is 20.5. The molecule has 1 aliphatic heterocycles. The Morgan fingerprint density at radius 2 is 1.67 bits per heavy atom. The van der Waals surface area contributed by atoms with Crippen molar-refractivity contribution in [2.24, 2.45) is 5.92 Å². The summed E-state index contributed by atoms with van der Waals surface area (Å²) in [6, 6.07) is 0. The van der Waals surface area contributed by atoms with E-state index in [0.29, 0.717) is 5.91 Å². The summed E-state index contributed by atoms with van der Waals surface area (Å²) in [5.74, 6) is 0.619. The molecule has 1 amide bonds. The minimum absolute atomic E-state index is 0.231. The zero-order valence-corrected chi connectivity index (χ0v) is 10.3. The fourth-order valence-corrected chi connectivity index (χ4v) is 2.34. The second-order valence-electron chi connectivity index (χ2n) is 4.78. The van der Waals surface area contributed by atoms with Gasteiger partial charge in [0.05, 0.1) is 0 Å². The van der Waals surface area contributed by atoms with E-state index in [1.807, 2.05) is 0 Å². The van der Waals surface area contributed by atoms with Crippen molar-refractivity contribution in [3.05, 3.63) is 0 Å². The Balaban J connectivity index is 2.40. The van der Waals surface area contributed by atoms with Crippen LogP contribution < -0.4 is 0 Å². The van der Waals surface area contributed by atoms with Crippen LogP contribution in [0.2, 0.25) is 0 Å². The third-order valence-corrected chi connectivity index (χ3v) is 3.31. The highest BCUT2D eigenvalue weighted by Gasteiger charge is 2.19. The smallest absolute Gasteiger partial charge is 0.225 e. The Labute approximate surface area is 94.0 Å². The number of rotatable bonds is 3. The van der Waals surface area contributed by atoms with Crippen molar-refractivity contribution in [2.75, 3.05) is 13.1 Å². The molecule has 0 aromatic rings. The van der Waals surface area contributed by atoms with Gasteiger partial charge in [0.25, 0.3) is 0 Å². The minimum atomic E-state index is 0.231. The zero-order chi connectivity index (χ0) is 11.1. The predicted octanol–water partition coefficient (Wildman–Crippen LogP) is 3.22. The van der Waals surface area contributed by atoms with Crippen molar-refractivity contribution in [2.45, 2.75) is 58.8 Å². The molecular formula is C13H25NO. The monoisotopic (exact) mass is 211 g/mol. The quantitative estimate of drug-likeness (QED) is 0.702. The number of hydrogen-bond donors (Lipinski definition) is 0. The number of amides is 1. The van der Waals surface area contributed by atoms with Crippen molar-refractivity contribution < 1.29 is 4.79 Å². The van der Waals surface area contributed by atoms with Crippen molar-refractivity contribution in [3.8, 4) is 0 Å². The van der Waals surface area contributed by atoms with Gasteiger partial charge in [-0.05, 0) is 19.3 Å². The van der Waals surface area contributed by atoms with Gasteiger partial charge in [-0.1, -0.05) is 39.5 Å². The summed E-state index contributed by atoms with van der Waals surface area (Å²) in [5.41, 5.74) is 0. The van der Waals surface area contributed by atoms with Gasteiger partial charge in [-0.15, -0.1) is 0 Å². The Bertz CT molecular complexity index is 183. The molecule has 0 spiro atoms. The molecule has 88 valence electrons. The van der Waals surface area contributed by atoms with Gasteiger partial charge in [0.2, 0.25) is 5.91 Å². The molecular weight excluding hydrogens is 186 g/mol. The maximum Gasteiger partial charge on any atom is 0.225 e. The Hall–Kier alpha value is -0.530. The van der Waals surface area contributed by atoms with E-state index in [4.69, 9.17) is 0 Å². The van der Waals surface area contributed by atoms with E-state index in [1.165, 1.54) is 32.1 Å². The van der Waals surface area contributed by atoms with Crippen LogP contribution in [0.1, 0.15) is 58.8 Å². The summed E-state index contributed by atoms with van der Waals surface area (Å²) in [5, 5.41) is 0. The van der Waals surface area contributed by atoms with Crippen molar-refractivity contribution in [1.29, 1.82) is 0 Å². The van der Waals surface area contributed by atoms with Crippen LogP contribution in [-0.2, 0) is 4.79 Å². The third-order valence-electron chi connectivity index (χ3n) is 3.31. The van der Waals surface area contributed by atoms with E-state index in [2.05, 4.69) is 18.7 Å². The van der Waals surface area contributed by atoms with Crippen molar-refractivity contribution in [1.82, 2.24) is 4.90 Å². The van der Waals surface area contributed by atoms with Gasteiger partial charge in [-0.2, -0.15) is 0 Å². The number of carbonyl (C=O) groups is 1. The molecule has 0 aromatic carbocycles. The maximum absolute atomic E-state index is 12.1. The van der Waals surface area contributed by atoms with Gasteiger partial charge >= 0.3 is 0 Å². The summed E-state index contributed by atoms with van der Waals surface area (Å²) in [7, 11) is 0. The summed E-state index contributed by atoms with van der Waals surface area (Å²) < 4.78 is 0. The van der Waals surface area contributed by atoms with Crippen LogP contribution in [0.4, 0.5) is 0 Å². The molecule has 1 fully saturated rings. The van der Waals surface area contributed by atoms with E-state index in [0.717, 1.165) is 25.9 Å². The van der Waals surface area contributed by atoms with Gasteiger partial charge < -0.3 is 4.90 Å². The number of likely N-dealkylation sites (tertiary alicyclic amines) is 1. The number of hydrogen-bond acceptors (Lipinski definition) is 1. The summed E-state index contributed by atoms with van der Waals surface area (Å²) in [4.78, 5) is 14.2. The Kier molecular flexibility index (Phi) is 5.74. The topological polar surface area (TPSA) is 20.3 Å². The molecule has 0 radical (unpaired) electrons. The van der Waals surface area contributed by atoms with E-state index >= 15 is 0 Å². The van der Waals surface area contributed by atoms with Crippen LogP contribution >= 0.6 is 0 Å². The lowest BCUT2D eigenvalue weighted by Gasteiger charge is -2.27. The molecule has 0 N–H and O–H groups in total. The van der Waals surface area contributed by atoms with E-state index in [-0.39, 0.29) is 5.92 Å². The van der Waals surface area contributed by atoms with Gasteiger partial charge in [0.15, 0.2) is 0 Å². The third kappa shape index (κ3) is 4.23. The average molecular weight is 211 g/mol. The Morgan fingerprint density at radius 1 is 1.13 bits per heavy atom. The first-order valence-electron chi connectivity index (χ1n) is 6.54. The lowest BCUT2D eigenvalue weighted by atomic mass is 10.0. The highest BCUT2D eigenvalue weighted by atomic mass is 16.2. The van der Waals surface area contributed by atoms with Crippen LogP contribution in [0.5, 0.6) is 0 Å². The van der Waals surface area contributed by atoms with Crippen LogP contribution in [0.25, 0.3) is 0 Å². The molecule has 0 saturated carbocycles. The van der Waals surface area contributed by atoms with Crippen LogP contribution in [0, 0.1) is 5.92 Å². The molecule has 15 heavy (non-hydrogen) atoms. The summed E-state index contributed by atoms with van der Waals surface area (Å²) in [6.07, 6.45) is 8.50. The first-order valence-corrected chi connectivity index (χ1v) is 6.54. The van der Waals surface area contributed by atoms with Crippen LogP contribution in [0.15, 0.2) is 0 Å². The SMILES string of the molecule is CCCC(C)C(=O)N1CCCCCCC1.